The normalized spacial score (nSPS) is 10.8. The molecule has 0 aliphatic carbocycles. The Morgan fingerprint density at radius 1 is 1.24 bits per heavy atom. The number of hydrazine groups is 1. The van der Waals surface area contributed by atoms with Crippen LogP contribution in [0, 0.1) is 0 Å². The third-order valence-corrected chi connectivity index (χ3v) is 5.02. The van der Waals surface area contributed by atoms with Gasteiger partial charge in [0.1, 0.15) is 6.33 Å². The standard InChI is InChI=1S/C9H9N9S3/c1-19-8-16-17-9(21-8)20-7-13-5(15-10)12-6(14-7)18-3-2-11-4-18/h2-4H,10H2,1H3,(H,12,13,14,15). The van der Waals surface area contributed by atoms with Crippen molar-refractivity contribution >= 4 is 40.8 Å². The number of anilines is 1. The highest BCUT2D eigenvalue weighted by Crippen LogP contribution is 2.31. The molecule has 3 N–H and O–H groups in total. The van der Waals surface area contributed by atoms with Gasteiger partial charge in [-0.15, -0.1) is 10.2 Å². The maximum Gasteiger partial charge on any atom is 0.242 e. The van der Waals surface area contributed by atoms with E-state index < -0.39 is 0 Å². The third-order valence-electron chi connectivity index (χ3n) is 2.21. The molecule has 0 aliphatic rings. The number of nitrogens with one attached hydrogen (secondary N) is 1. The van der Waals surface area contributed by atoms with Gasteiger partial charge in [-0.3, -0.25) is 9.99 Å². The van der Waals surface area contributed by atoms with Crippen molar-refractivity contribution in [1.29, 1.82) is 0 Å². The number of hydrogen-bond donors (Lipinski definition) is 2. The largest absolute Gasteiger partial charge is 0.292 e. The summed E-state index contributed by atoms with van der Waals surface area (Å²) >= 11 is 4.32. The molecule has 0 saturated carbocycles. The first kappa shape index (κ1) is 14.2. The molecule has 3 aromatic rings. The minimum Gasteiger partial charge on any atom is -0.292 e. The Morgan fingerprint density at radius 2 is 2.10 bits per heavy atom. The Labute approximate surface area is 131 Å². The van der Waals surface area contributed by atoms with E-state index in [1.165, 1.54) is 23.1 Å². The molecule has 0 spiro atoms. The van der Waals surface area contributed by atoms with Gasteiger partial charge in [-0.25, -0.2) is 10.8 Å². The van der Waals surface area contributed by atoms with Gasteiger partial charge < -0.3 is 0 Å². The van der Waals surface area contributed by atoms with Gasteiger partial charge >= 0.3 is 0 Å². The van der Waals surface area contributed by atoms with Crippen LogP contribution in [-0.4, -0.2) is 41.0 Å². The van der Waals surface area contributed by atoms with Crippen molar-refractivity contribution in [2.75, 3.05) is 11.7 Å². The van der Waals surface area contributed by atoms with Crippen LogP contribution < -0.4 is 11.3 Å². The average Bonchev–Trinajstić information content (AvgIpc) is 3.18. The number of nitrogens with zero attached hydrogens (tertiary/aromatic N) is 7. The van der Waals surface area contributed by atoms with Crippen LogP contribution in [0.25, 0.3) is 5.95 Å². The number of rotatable bonds is 5. The van der Waals surface area contributed by atoms with Gasteiger partial charge in [-0.2, -0.15) is 15.0 Å². The van der Waals surface area contributed by atoms with Crippen LogP contribution in [0.15, 0.2) is 32.6 Å². The van der Waals surface area contributed by atoms with Gasteiger partial charge in [0.2, 0.25) is 17.1 Å². The number of aromatic nitrogens is 7. The van der Waals surface area contributed by atoms with Crippen molar-refractivity contribution in [2.24, 2.45) is 5.84 Å². The van der Waals surface area contributed by atoms with Crippen LogP contribution in [0.5, 0.6) is 0 Å². The summed E-state index contributed by atoms with van der Waals surface area (Å²) in [6, 6.07) is 0. The maximum absolute atomic E-state index is 5.39. The molecule has 21 heavy (non-hydrogen) atoms. The fraction of sp³-hybridized carbons (Fsp3) is 0.111. The highest BCUT2D eigenvalue weighted by atomic mass is 32.2. The van der Waals surface area contributed by atoms with Crippen LogP contribution in [0.2, 0.25) is 0 Å². The molecule has 0 aromatic carbocycles. The van der Waals surface area contributed by atoms with Gasteiger partial charge in [-0.05, 0) is 18.0 Å². The van der Waals surface area contributed by atoms with Gasteiger partial charge in [0.15, 0.2) is 8.68 Å². The molecule has 0 unspecified atom stereocenters. The fourth-order valence-corrected chi connectivity index (χ4v) is 3.64. The van der Waals surface area contributed by atoms with E-state index in [1.54, 1.807) is 35.0 Å². The van der Waals surface area contributed by atoms with E-state index in [0.717, 1.165) is 8.68 Å². The summed E-state index contributed by atoms with van der Waals surface area (Å²) in [4.78, 5) is 16.7. The van der Waals surface area contributed by atoms with E-state index in [4.69, 9.17) is 5.84 Å². The van der Waals surface area contributed by atoms with E-state index in [1.807, 2.05) is 6.26 Å². The molecular weight excluding hydrogens is 330 g/mol. The molecule has 0 radical (unpaired) electrons. The minimum absolute atomic E-state index is 0.269. The summed E-state index contributed by atoms with van der Waals surface area (Å²) in [5, 5.41) is 8.58. The second-order valence-electron chi connectivity index (χ2n) is 3.50. The van der Waals surface area contributed by atoms with E-state index in [0.29, 0.717) is 11.1 Å². The molecule has 12 heteroatoms. The third kappa shape index (κ3) is 3.29. The molecule has 0 fully saturated rings. The van der Waals surface area contributed by atoms with Crippen LogP contribution in [-0.2, 0) is 0 Å². The Balaban J connectivity index is 1.92. The molecule has 3 heterocycles. The number of nitrogen functional groups attached to an aromatic ring is 1. The highest BCUT2D eigenvalue weighted by molar-refractivity contribution is 8.02. The Kier molecular flexibility index (Phi) is 4.28. The van der Waals surface area contributed by atoms with Crippen molar-refractivity contribution in [1.82, 2.24) is 34.7 Å². The van der Waals surface area contributed by atoms with Crippen molar-refractivity contribution in [3.05, 3.63) is 18.7 Å². The summed E-state index contributed by atoms with van der Waals surface area (Å²) in [6.45, 7) is 0. The number of nitrogens with two attached hydrogens (primary N) is 1. The summed E-state index contributed by atoms with van der Waals surface area (Å²) in [5.74, 6) is 6.09. The maximum atomic E-state index is 5.39. The first-order valence-electron chi connectivity index (χ1n) is 5.55. The zero-order chi connectivity index (χ0) is 14.7. The first-order valence-corrected chi connectivity index (χ1v) is 8.40. The van der Waals surface area contributed by atoms with Gasteiger partial charge in [0, 0.05) is 12.4 Å². The van der Waals surface area contributed by atoms with Crippen molar-refractivity contribution in [3.8, 4) is 5.95 Å². The molecule has 0 bridgehead atoms. The molecule has 0 aliphatic heterocycles. The topological polar surface area (TPSA) is 120 Å². The summed E-state index contributed by atoms with van der Waals surface area (Å²) < 4.78 is 3.31. The molecule has 3 rings (SSSR count). The van der Waals surface area contributed by atoms with Gasteiger partial charge in [-0.1, -0.05) is 23.1 Å². The summed E-state index contributed by atoms with van der Waals surface area (Å²) in [5.41, 5.74) is 2.43. The van der Waals surface area contributed by atoms with Gasteiger partial charge in [0.05, 0.1) is 0 Å². The van der Waals surface area contributed by atoms with Crippen LogP contribution in [0.1, 0.15) is 0 Å². The lowest BCUT2D eigenvalue weighted by Gasteiger charge is -2.05. The van der Waals surface area contributed by atoms with Crippen LogP contribution >= 0.6 is 34.9 Å². The quantitative estimate of drug-likeness (QED) is 0.396. The molecule has 9 nitrogen and oxygen atoms in total. The lowest BCUT2D eigenvalue weighted by molar-refractivity contribution is 0.823. The molecular formula is C9H9N9S3. The van der Waals surface area contributed by atoms with E-state index in [-0.39, 0.29) is 5.95 Å². The van der Waals surface area contributed by atoms with Crippen molar-refractivity contribution in [3.63, 3.8) is 0 Å². The predicted molar refractivity (Wildman–Crippen MR) is 80.6 cm³/mol. The van der Waals surface area contributed by atoms with Crippen LogP contribution in [0.4, 0.5) is 5.95 Å². The van der Waals surface area contributed by atoms with E-state index >= 15 is 0 Å². The highest BCUT2D eigenvalue weighted by Gasteiger charge is 2.12. The Bertz CT molecular complexity index is 726. The van der Waals surface area contributed by atoms with Crippen molar-refractivity contribution < 1.29 is 0 Å². The zero-order valence-corrected chi connectivity index (χ0v) is 13.1. The smallest absolute Gasteiger partial charge is 0.242 e. The second kappa shape index (κ2) is 6.34. The minimum atomic E-state index is 0.269. The molecule has 3 aromatic heterocycles. The molecule has 0 atom stereocenters. The summed E-state index contributed by atoms with van der Waals surface area (Å²) in [7, 11) is 0. The van der Waals surface area contributed by atoms with Crippen LogP contribution in [0.3, 0.4) is 0 Å². The van der Waals surface area contributed by atoms with Crippen molar-refractivity contribution in [2.45, 2.75) is 13.8 Å². The fourth-order valence-electron chi connectivity index (χ4n) is 1.35. The molecule has 0 amide bonds. The monoisotopic (exact) mass is 339 g/mol. The lowest BCUT2D eigenvalue weighted by atomic mass is 10.8. The molecule has 108 valence electrons. The average molecular weight is 339 g/mol. The van der Waals surface area contributed by atoms with Gasteiger partial charge in [0.25, 0.3) is 0 Å². The summed E-state index contributed by atoms with van der Waals surface area (Å²) in [6.07, 6.45) is 6.93. The first-order chi connectivity index (χ1) is 10.3. The SMILES string of the molecule is CSc1nnc(Sc2nc(NN)nc(-n3ccnc3)n2)s1. The molecule has 0 saturated heterocycles. The predicted octanol–water partition coefficient (Wildman–Crippen LogP) is 1.07. The number of thioether (sulfide) groups is 1. The van der Waals surface area contributed by atoms with E-state index in [9.17, 15) is 0 Å². The Morgan fingerprint density at radius 3 is 2.76 bits per heavy atom. The lowest BCUT2D eigenvalue weighted by Crippen LogP contribution is -2.13. The Hall–Kier alpha value is -1.76. The number of hydrogen-bond acceptors (Lipinski definition) is 11. The second-order valence-corrected chi connectivity index (χ2v) is 6.74. The zero-order valence-electron chi connectivity index (χ0n) is 10.7. The number of imidazole rings is 1. The van der Waals surface area contributed by atoms with E-state index in [2.05, 4.69) is 35.6 Å².